The third-order valence-electron chi connectivity index (χ3n) is 3.01. The topological polar surface area (TPSA) is 81.4 Å². The molecule has 0 aromatic carbocycles. The molecule has 124 valence electrons. The number of hydrogen-bond donors (Lipinski definition) is 1. The molecular weight excluding hydrogens is 323 g/mol. The predicted molar refractivity (Wildman–Crippen MR) is 78.6 cm³/mol. The zero-order chi connectivity index (χ0) is 17.2. The standard InChI is InChI=1S/C14H12F3N7/c1-24-8-20-12(23-24)7-19-11-5-10(14(15,16)17)21-13(22-11)9-3-2-4-18-6-9/h2-6,8H,7H2,1H3,(H,19,21,22). The van der Waals surface area contributed by atoms with E-state index in [1.54, 1.807) is 19.2 Å². The van der Waals surface area contributed by atoms with Crippen molar-refractivity contribution in [2.24, 2.45) is 7.05 Å². The van der Waals surface area contributed by atoms with Gasteiger partial charge in [-0.25, -0.2) is 15.0 Å². The summed E-state index contributed by atoms with van der Waals surface area (Å²) in [5, 5.41) is 6.83. The Labute approximate surface area is 134 Å². The summed E-state index contributed by atoms with van der Waals surface area (Å²) in [4.78, 5) is 15.6. The third kappa shape index (κ3) is 3.65. The number of pyridine rings is 1. The van der Waals surface area contributed by atoms with Crippen LogP contribution >= 0.6 is 0 Å². The molecule has 0 aliphatic rings. The first-order valence-electron chi connectivity index (χ1n) is 6.87. The minimum absolute atomic E-state index is 0.0311. The second kappa shape index (κ2) is 6.22. The Morgan fingerprint density at radius 3 is 2.71 bits per heavy atom. The lowest BCUT2D eigenvalue weighted by molar-refractivity contribution is -0.141. The number of nitrogens with zero attached hydrogens (tertiary/aromatic N) is 6. The van der Waals surface area contributed by atoms with Crippen LogP contribution in [0, 0.1) is 0 Å². The van der Waals surface area contributed by atoms with Gasteiger partial charge in [-0.2, -0.15) is 18.3 Å². The first kappa shape index (κ1) is 15.8. The van der Waals surface area contributed by atoms with Crippen LogP contribution < -0.4 is 5.32 Å². The summed E-state index contributed by atoms with van der Waals surface area (Å²) in [6.07, 6.45) is -0.165. The molecule has 10 heteroatoms. The fourth-order valence-electron chi connectivity index (χ4n) is 1.94. The van der Waals surface area contributed by atoms with E-state index in [9.17, 15) is 13.2 Å². The van der Waals surface area contributed by atoms with Gasteiger partial charge in [0.25, 0.3) is 0 Å². The smallest absolute Gasteiger partial charge is 0.363 e. The molecule has 0 fully saturated rings. The van der Waals surface area contributed by atoms with Crippen LogP contribution in [0.5, 0.6) is 0 Å². The van der Waals surface area contributed by atoms with Crippen LogP contribution in [0.3, 0.4) is 0 Å². The van der Waals surface area contributed by atoms with E-state index >= 15 is 0 Å². The van der Waals surface area contributed by atoms with Gasteiger partial charge in [-0.1, -0.05) is 0 Å². The Kier molecular flexibility index (Phi) is 4.11. The van der Waals surface area contributed by atoms with E-state index in [4.69, 9.17) is 0 Å². The van der Waals surface area contributed by atoms with Crippen molar-refractivity contribution in [3.63, 3.8) is 0 Å². The van der Waals surface area contributed by atoms with E-state index < -0.39 is 11.9 Å². The van der Waals surface area contributed by atoms with Crippen molar-refractivity contribution in [1.82, 2.24) is 29.7 Å². The number of alkyl halides is 3. The molecule has 0 atom stereocenters. The van der Waals surface area contributed by atoms with Crippen LogP contribution in [0.2, 0.25) is 0 Å². The first-order valence-corrected chi connectivity index (χ1v) is 6.87. The summed E-state index contributed by atoms with van der Waals surface area (Å²) in [7, 11) is 1.70. The average molecular weight is 335 g/mol. The zero-order valence-electron chi connectivity index (χ0n) is 12.5. The Hall–Kier alpha value is -3.04. The van der Waals surface area contributed by atoms with E-state index in [0.29, 0.717) is 11.4 Å². The summed E-state index contributed by atoms with van der Waals surface area (Å²) < 4.78 is 40.7. The van der Waals surface area contributed by atoms with E-state index in [1.165, 1.54) is 23.4 Å². The van der Waals surface area contributed by atoms with Crippen molar-refractivity contribution < 1.29 is 13.2 Å². The van der Waals surface area contributed by atoms with Crippen LogP contribution in [0.4, 0.5) is 19.0 Å². The Bertz CT molecular complexity index is 830. The van der Waals surface area contributed by atoms with Crippen LogP contribution in [0.15, 0.2) is 36.9 Å². The Morgan fingerprint density at radius 2 is 2.08 bits per heavy atom. The fourth-order valence-corrected chi connectivity index (χ4v) is 1.94. The molecule has 3 heterocycles. The van der Waals surface area contributed by atoms with E-state index in [0.717, 1.165) is 6.07 Å². The van der Waals surface area contributed by atoms with Gasteiger partial charge < -0.3 is 5.32 Å². The summed E-state index contributed by atoms with van der Waals surface area (Å²) in [6.45, 7) is 0.141. The lowest BCUT2D eigenvalue weighted by atomic mass is 10.2. The number of aromatic nitrogens is 6. The van der Waals surface area contributed by atoms with Crippen LogP contribution in [-0.4, -0.2) is 29.7 Å². The number of nitrogens with one attached hydrogen (secondary N) is 1. The van der Waals surface area contributed by atoms with Gasteiger partial charge in [0.15, 0.2) is 17.3 Å². The van der Waals surface area contributed by atoms with Crippen LogP contribution in [0.1, 0.15) is 11.5 Å². The molecule has 3 rings (SSSR count). The molecule has 0 bridgehead atoms. The van der Waals surface area contributed by atoms with E-state index in [2.05, 4.69) is 30.4 Å². The Morgan fingerprint density at radius 1 is 1.25 bits per heavy atom. The molecule has 0 spiro atoms. The quantitative estimate of drug-likeness (QED) is 0.788. The molecule has 7 nitrogen and oxygen atoms in total. The molecule has 24 heavy (non-hydrogen) atoms. The van der Waals surface area contributed by atoms with Crippen molar-refractivity contribution in [1.29, 1.82) is 0 Å². The maximum absolute atomic E-state index is 13.1. The molecule has 0 radical (unpaired) electrons. The van der Waals surface area contributed by atoms with Gasteiger partial charge >= 0.3 is 6.18 Å². The second-order valence-electron chi connectivity index (χ2n) is 4.89. The van der Waals surface area contributed by atoms with Crippen molar-refractivity contribution in [3.8, 4) is 11.4 Å². The van der Waals surface area contributed by atoms with Crippen molar-refractivity contribution in [2.45, 2.75) is 12.7 Å². The van der Waals surface area contributed by atoms with Gasteiger partial charge in [0.1, 0.15) is 12.1 Å². The van der Waals surface area contributed by atoms with E-state index in [1.807, 2.05) is 0 Å². The molecule has 0 aliphatic heterocycles. The monoisotopic (exact) mass is 335 g/mol. The highest BCUT2D eigenvalue weighted by Gasteiger charge is 2.33. The molecule has 0 aliphatic carbocycles. The van der Waals surface area contributed by atoms with Gasteiger partial charge in [0, 0.05) is 31.1 Å². The van der Waals surface area contributed by atoms with Gasteiger partial charge in [-0.3, -0.25) is 9.67 Å². The SMILES string of the molecule is Cn1cnc(CNc2cc(C(F)(F)F)nc(-c3cccnc3)n2)n1. The molecule has 3 aromatic rings. The lowest BCUT2D eigenvalue weighted by Crippen LogP contribution is -2.12. The molecule has 1 N–H and O–H groups in total. The van der Waals surface area contributed by atoms with E-state index in [-0.39, 0.29) is 18.2 Å². The molecule has 0 saturated carbocycles. The first-order chi connectivity index (χ1) is 11.4. The summed E-state index contributed by atoms with van der Waals surface area (Å²) >= 11 is 0. The molecular formula is C14H12F3N7. The molecule has 0 saturated heterocycles. The number of hydrogen-bond acceptors (Lipinski definition) is 6. The number of aryl methyl sites for hydroxylation is 1. The highest BCUT2D eigenvalue weighted by atomic mass is 19.4. The largest absolute Gasteiger partial charge is 0.433 e. The molecule has 0 unspecified atom stereocenters. The summed E-state index contributed by atoms with van der Waals surface area (Å²) in [5.74, 6) is 0.408. The molecule has 3 aromatic heterocycles. The number of halogens is 3. The van der Waals surface area contributed by atoms with Crippen LogP contribution in [-0.2, 0) is 19.8 Å². The number of rotatable bonds is 4. The van der Waals surface area contributed by atoms with Gasteiger partial charge in [0.05, 0.1) is 6.54 Å². The van der Waals surface area contributed by atoms with Gasteiger partial charge in [-0.05, 0) is 12.1 Å². The minimum Gasteiger partial charge on any atom is -0.363 e. The second-order valence-corrected chi connectivity index (χ2v) is 4.89. The normalized spacial score (nSPS) is 11.5. The van der Waals surface area contributed by atoms with Crippen LogP contribution in [0.25, 0.3) is 11.4 Å². The number of anilines is 1. The predicted octanol–water partition coefficient (Wildman–Crippen LogP) is 2.30. The summed E-state index contributed by atoms with van der Waals surface area (Å²) in [6, 6.07) is 4.04. The highest BCUT2D eigenvalue weighted by molar-refractivity contribution is 5.56. The van der Waals surface area contributed by atoms with Crippen molar-refractivity contribution in [2.75, 3.05) is 5.32 Å². The Balaban J connectivity index is 1.92. The maximum atomic E-state index is 13.1. The highest BCUT2D eigenvalue weighted by Crippen LogP contribution is 2.30. The average Bonchev–Trinajstić information content (AvgIpc) is 2.98. The lowest BCUT2D eigenvalue weighted by Gasteiger charge is -2.11. The van der Waals surface area contributed by atoms with Gasteiger partial charge in [-0.15, -0.1) is 0 Å². The van der Waals surface area contributed by atoms with Crippen molar-refractivity contribution in [3.05, 3.63) is 48.4 Å². The maximum Gasteiger partial charge on any atom is 0.433 e. The third-order valence-corrected chi connectivity index (χ3v) is 3.01. The zero-order valence-corrected chi connectivity index (χ0v) is 12.5. The summed E-state index contributed by atoms with van der Waals surface area (Å²) in [5.41, 5.74) is -0.643. The molecule has 0 amide bonds. The fraction of sp³-hybridized carbons (Fsp3) is 0.214. The van der Waals surface area contributed by atoms with Crippen molar-refractivity contribution >= 4 is 5.82 Å². The minimum atomic E-state index is -4.58. The van der Waals surface area contributed by atoms with Gasteiger partial charge in [0.2, 0.25) is 0 Å².